The largest absolute Gasteiger partial charge is 0.322 e. The van der Waals surface area contributed by atoms with Gasteiger partial charge in [0.2, 0.25) is 0 Å². The van der Waals surface area contributed by atoms with Crippen molar-refractivity contribution in [2.75, 3.05) is 5.32 Å². The Morgan fingerprint density at radius 3 is 2.46 bits per heavy atom. The van der Waals surface area contributed by atoms with Crippen LogP contribution in [0.15, 0.2) is 79.3 Å². The van der Waals surface area contributed by atoms with Crippen LogP contribution in [-0.2, 0) is 0 Å². The van der Waals surface area contributed by atoms with Crippen molar-refractivity contribution >= 4 is 11.6 Å². The summed E-state index contributed by atoms with van der Waals surface area (Å²) in [5, 5.41) is 10.7. The molecule has 7 heteroatoms. The molecule has 4 rings (SSSR count). The summed E-state index contributed by atoms with van der Waals surface area (Å²) in [7, 11) is 0. The van der Waals surface area contributed by atoms with E-state index in [1.54, 1.807) is 12.1 Å². The van der Waals surface area contributed by atoms with E-state index in [0.717, 1.165) is 5.69 Å². The van der Waals surface area contributed by atoms with Gasteiger partial charge in [0, 0.05) is 12.4 Å². The molecule has 1 N–H and O–H groups in total. The van der Waals surface area contributed by atoms with Gasteiger partial charge in [-0.15, -0.1) is 5.10 Å². The van der Waals surface area contributed by atoms with Crippen LogP contribution in [0, 0.1) is 5.82 Å². The van der Waals surface area contributed by atoms with Gasteiger partial charge in [0.15, 0.2) is 5.69 Å². The Hall–Kier alpha value is -3.74. The van der Waals surface area contributed by atoms with Gasteiger partial charge in [0.25, 0.3) is 5.91 Å². The zero-order valence-electron chi connectivity index (χ0n) is 13.6. The van der Waals surface area contributed by atoms with Gasteiger partial charge in [-0.25, -0.2) is 9.07 Å². The van der Waals surface area contributed by atoms with Gasteiger partial charge >= 0.3 is 0 Å². The Balaban J connectivity index is 1.58. The van der Waals surface area contributed by atoms with Crippen molar-refractivity contribution in [1.29, 1.82) is 0 Å². The van der Waals surface area contributed by atoms with Crippen LogP contribution in [0.3, 0.4) is 0 Å². The first kappa shape index (κ1) is 15.8. The zero-order chi connectivity index (χ0) is 17.9. The van der Waals surface area contributed by atoms with Crippen molar-refractivity contribution in [3.05, 3.63) is 90.8 Å². The number of para-hydroxylation sites is 2. The lowest BCUT2D eigenvalue weighted by Crippen LogP contribution is -2.14. The highest BCUT2D eigenvalue weighted by molar-refractivity contribution is 6.03. The van der Waals surface area contributed by atoms with Crippen LogP contribution in [0.25, 0.3) is 11.4 Å². The summed E-state index contributed by atoms with van der Waals surface area (Å²) in [5.41, 5.74) is 2.28. The molecule has 4 aromatic rings. The van der Waals surface area contributed by atoms with Gasteiger partial charge in [0.05, 0.1) is 23.3 Å². The van der Waals surface area contributed by atoms with Gasteiger partial charge in [0.1, 0.15) is 5.82 Å². The van der Waals surface area contributed by atoms with E-state index in [9.17, 15) is 9.18 Å². The Labute approximate surface area is 148 Å². The van der Waals surface area contributed by atoms with Gasteiger partial charge < -0.3 is 9.88 Å². The number of hydrogen-bond acceptors (Lipinski definition) is 3. The van der Waals surface area contributed by atoms with Crippen molar-refractivity contribution in [3.63, 3.8) is 0 Å². The van der Waals surface area contributed by atoms with Crippen LogP contribution < -0.4 is 5.32 Å². The number of nitrogens with one attached hydrogen (secondary N) is 1. The number of carbonyl (C=O) groups is 1. The average molecular weight is 347 g/mol. The Morgan fingerprint density at radius 2 is 1.69 bits per heavy atom. The van der Waals surface area contributed by atoms with Crippen molar-refractivity contribution in [2.24, 2.45) is 0 Å². The summed E-state index contributed by atoms with van der Waals surface area (Å²) in [6.07, 6.45) is 5.30. The normalized spacial score (nSPS) is 10.7. The number of carbonyl (C=O) groups excluding carboxylic acids is 1. The number of amides is 1. The second-order valence-electron chi connectivity index (χ2n) is 5.59. The summed E-state index contributed by atoms with van der Waals surface area (Å²) in [4.78, 5) is 12.5. The fourth-order valence-corrected chi connectivity index (χ4v) is 2.57. The molecular formula is C19H14FN5O. The van der Waals surface area contributed by atoms with Crippen LogP contribution in [0.1, 0.15) is 10.5 Å². The molecule has 128 valence electrons. The lowest BCUT2D eigenvalue weighted by atomic mass is 10.2. The van der Waals surface area contributed by atoms with E-state index in [2.05, 4.69) is 15.6 Å². The molecular weight excluding hydrogens is 333 g/mol. The molecule has 6 nitrogen and oxygen atoms in total. The van der Waals surface area contributed by atoms with Crippen LogP contribution in [0.2, 0.25) is 0 Å². The van der Waals surface area contributed by atoms with Crippen molar-refractivity contribution < 1.29 is 9.18 Å². The Bertz CT molecular complexity index is 1040. The van der Waals surface area contributed by atoms with Crippen LogP contribution in [0.4, 0.5) is 10.1 Å². The molecule has 1 amide bonds. The Kier molecular flexibility index (Phi) is 4.03. The third kappa shape index (κ3) is 3.10. The second kappa shape index (κ2) is 6.64. The summed E-state index contributed by atoms with van der Waals surface area (Å²) in [6.45, 7) is 0. The van der Waals surface area contributed by atoms with Crippen LogP contribution in [0.5, 0.6) is 0 Å². The van der Waals surface area contributed by atoms with E-state index in [1.165, 1.54) is 23.0 Å². The fraction of sp³-hybridized carbons (Fsp3) is 0. The first-order valence-electron chi connectivity index (χ1n) is 7.93. The molecule has 0 aliphatic rings. The molecule has 0 saturated heterocycles. The molecule has 0 radical (unpaired) electrons. The minimum atomic E-state index is -0.377. The highest BCUT2D eigenvalue weighted by atomic mass is 19.1. The highest BCUT2D eigenvalue weighted by Crippen LogP contribution is 2.20. The lowest BCUT2D eigenvalue weighted by Gasteiger charge is -2.10. The smallest absolute Gasteiger partial charge is 0.277 e. The maximum Gasteiger partial charge on any atom is 0.277 e. The predicted molar refractivity (Wildman–Crippen MR) is 95.0 cm³/mol. The Morgan fingerprint density at radius 1 is 0.962 bits per heavy atom. The van der Waals surface area contributed by atoms with E-state index in [4.69, 9.17) is 0 Å². The first-order valence-corrected chi connectivity index (χ1v) is 7.93. The molecule has 2 heterocycles. The maximum absolute atomic E-state index is 13.0. The van der Waals surface area contributed by atoms with Crippen molar-refractivity contribution in [1.82, 2.24) is 19.6 Å². The molecule has 0 spiro atoms. The molecule has 0 bridgehead atoms. The van der Waals surface area contributed by atoms with Gasteiger partial charge in [-0.3, -0.25) is 4.79 Å². The first-order chi connectivity index (χ1) is 12.7. The zero-order valence-corrected chi connectivity index (χ0v) is 13.6. The third-order valence-electron chi connectivity index (χ3n) is 3.85. The number of benzene rings is 2. The van der Waals surface area contributed by atoms with Crippen molar-refractivity contribution in [3.8, 4) is 11.4 Å². The summed E-state index contributed by atoms with van der Waals surface area (Å²) >= 11 is 0. The number of aromatic nitrogens is 4. The second-order valence-corrected chi connectivity index (χ2v) is 5.59. The van der Waals surface area contributed by atoms with E-state index in [-0.39, 0.29) is 17.4 Å². The molecule has 0 atom stereocenters. The highest BCUT2D eigenvalue weighted by Gasteiger charge is 2.14. The van der Waals surface area contributed by atoms with Crippen LogP contribution in [-0.4, -0.2) is 25.5 Å². The molecule has 2 aromatic heterocycles. The number of hydrogen-bond donors (Lipinski definition) is 1. The molecule has 0 unspecified atom stereocenters. The number of anilines is 1. The van der Waals surface area contributed by atoms with Crippen LogP contribution >= 0.6 is 0 Å². The number of halogens is 1. The number of rotatable bonds is 4. The summed E-state index contributed by atoms with van der Waals surface area (Å²) < 4.78 is 16.4. The molecule has 0 fully saturated rings. The van der Waals surface area contributed by atoms with Crippen molar-refractivity contribution in [2.45, 2.75) is 0 Å². The average Bonchev–Trinajstić information content (AvgIpc) is 3.35. The quantitative estimate of drug-likeness (QED) is 0.615. The van der Waals surface area contributed by atoms with Gasteiger partial charge in [-0.2, -0.15) is 0 Å². The predicted octanol–water partition coefficient (Wildman–Crippen LogP) is 3.45. The molecule has 26 heavy (non-hydrogen) atoms. The molecule has 0 aliphatic carbocycles. The third-order valence-corrected chi connectivity index (χ3v) is 3.85. The summed E-state index contributed by atoms with van der Waals surface area (Å²) in [5.74, 6) is -0.716. The van der Waals surface area contributed by atoms with E-state index >= 15 is 0 Å². The molecule has 0 saturated carbocycles. The topological polar surface area (TPSA) is 64.7 Å². The SMILES string of the molecule is O=C(Nc1ccccc1-n1cccc1)c1cn(-c2ccc(F)cc2)nn1. The number of nitrogens with zero attached hydrogens (tertiary/aromatic N) is 4. The van der Waals surface area contributed by atoms with E-state index in [1.807, 2.05) is 53.4 Å². The minimum absolute atomic E-state index is 0.164. The molecule has 0 aliphatic heterocycles. The summed E-state index contributed by atoms with van der Waals surface area (Å²) in [6, 6.07) is 17.1. The lowest BCUT2D eigenvalue weighted by molar-refractivity contribution is 0.102. The molecule has 2 aromatic carbocycles. The van der Waals surface area contributed by atoms with E-state index < -0.39 is 0 Å². The van der Waals surface area contributed by atoms with Gasteiger partial charge in [-0.1, -0.05) is 17.3 Å². The van der Waals surface area contributed by atoms with Gasteiger partial charge in [-0.05, 0) is 48.5 Å². The standard InChI is InChI=1S/C19H14FN5O/c20-14-7-9-15(10-8-14)25-13-17(22-23-25)19(26)21-16-5-1-2-6-18(16)24-11-3-4-12-24/h1-13H,(H,21,26). The van der Waals surface area contributed by atoms with E-state index in [0.29, 0.717) is 11.4 Å². The fourth-order valence-electron chi connectivity index (χ4n) is 2.57. The monoisotopic (exact) mass is 347 g/mol. The minimum Gasteiger partial charge on any atom is -0.322 e. The maximum atomic E-state index is 13.0.